The van der Waals surface area contributed by atoms with E-state index in [4.69, 9.17) is 11.6 Å². The molecule has 0 atom stereocenters. The third kappa shape index (κ3) is 2.56. The van der Waals surface area contributed by atoms with Crippen LogP contribution in [-0.4, -0.2) is 9.38 Å². The molecule has 3 nitrogen and oxygen atoms in total. The van der Waals surface area contributed by atoms with Crippen molar-refractivity contribution in [2.45, 2.75) is 0 Å². The monoisotopic (exact) mass is 338 g/mol. The molecule has 0 aliphatic carbocycles. The van der Waals surface area contributed by atoms with E-state index in [1.807, 2.05) is 64.4 Å². The maximum Gasteiger partial charge on any atom is 0.274 e. The fourth-order valence-electron chi connectivity index (χ4n) is 2.57. The third-order valence-electron chi connectivity index (χ3n) is 3.62. The average Bonchev–Trinajstić information content (AvgIpc) is 2.99. The van der Waals surface area contributed by atoms with Crippen molar-refractivity contribution in [3.05, 3.63) is 81.4 Å². The summed E-state index contributed by atoms with van der Waals surface area (Å²) in [5.74, 6) is 0. The van der Waals surface area contributed by atoms with E-state index < -0.39 is 0 Å². The van der Waals surface area contributed by atoms with Crippen LogP contribution < -0.4 is 5.56 Å². The SMILES string of the molecule is O=c1cc(-c2ccccc2)n2c(-c3ccc(Cl)cc3)csc2n1. The summed E-state index contributed by atoms with van der Waals surface area (Å²) in [6.07, 6.45) is 0. The molecule has 0 aliphatic heterocycles. The molecule has 0 fully saturated rings. The van der Waals surface area contributed by atoms with E-state index in [9.17, 15) is 4.79 Å². The maximum absolute atomic E-state index is 11.9. The zero-order valence-corrected chi connectivity index (χ0v) is 13.5. The summed E-state index contributed by atoms with van der Waals surface area (Å²) in [7, 11) is 0. The number of aromatic nitrogens is 2. The number of hydrogen-bond acceptors (Lipinski definition) is 3. The highest BCUT2D eigenvalue weighted by Gasteiger charge is 2.12. The molecule has 0 aliphatic rings. The summed E-state index contributed by atoms with van der Waals surface area (Å²) in [6.45, 7) is 0. The highest BCUT2D eigenvalue weighted by molar-refractivity contribution is 7.15. The number of benzene rings is 2. The molecule has 0 saturated carbocycles. The van der Waals surface area contributed by atoms with Crippen molar-refractivity contribution < 1.29 is 0 Å². The molecule has 23 heavy (non-hydrogen) atoms. The molecule has 0 spiro atoms. The largest absolute Gasteiger partial charge is 0.284 e. The molecule has 0 unspecified atom stereocenters. The Hall–Kier alpha value is -2.43. The first-order chi connectivity index (χ1) is 11.2. The fourth-order valence-corrected chi connectivity index (χ4v) is 3.60. The summed E-state index contributed by atoms with van der Waals surface area (Å²) in [6, 6.07) is 19.1. The van der Waals surface area contributed by atoms with Gasteiger partial charge < -0.3 is 0 Å². The average molecular weight is 339 g/mol. The van der Waals surface area contributed by atoms with Crippen LogP contribution in [0.1, 0.15) is 0 Å². The standard InChI is InChI=1S/C18H11ClN2OS/c19-14-8-6-13(7-9-14)16-11-23-18-20-17(22)10-15(21(16)18)12-4-2-1-3-5-12/h1-11H. The van der Waals surface area contributed by atoms with Crippen LogP contribution in [-0.2, 0) is 0 Å². The molecule has 2 aromatic heterocycles. The molecule has 4 rings (SSSR count). The Kier molecular flexibility index (Phi) is 3.48. The minimum absolute atomic E-state index is 0.228. The van der Waals surface area contributed by atoms with Crippen LogP contribution in [0.5, 0.6) is 0 Å². The molecule has 4 aromatic rings. The Morgan fingerprint density at radius 2 is 1.61 bits per heavy atom. The first-order valence-corrected chi connectivity index (χ1v) is 8.31. The van der Waals surface area contributed by atoms with Crippen LogP contribution in [0.4, 0.5) is 0 Å². The third-order valence-corrected chi connectivity index (χ3v) is 4.70. The van der Waals surface area contributed by atoms with E-state index in [0.717, 1.165) is 22.5 Å². The fraction of sp³-hybridized carbons (Fsp3) is 0. The molecule has 0 bridgehead atoms. The van der Waals surface area contributed by atoms with Gasteiger partial charge in [0.1, 0.15) is 0 Å². The maximum atomic E-state index is 11.9. The van der Waals surface area contributed by atoms with Gasteiger partial charge in [0.05, 0.1) is 11.4 Å². The zero-order chi connectivity index (χ0) is 15.8. The number of rotatable bonds is 2. The Bertz CT molecular complexity index is 1040. The van der Waals surface area contributed by atoms with E-state index in [-0.39, 0.29) is 5.56 Å². The van der Waals surface area contributed by atoms with Crippen LogP contribution in [0, 0.1) is 0 Å². The topological polar surface area (TPSA) is 34.4 Å². The lowest BCUT2D eigenvalue weighted by molar-refractivity contribution is 1.12. The Labute approximate surface area is 141 Å². The van der Waals surface area contributed by atoms with Crippen molar-refractivity contribution in [2.24, 2.45) is 0 Å². The van der Waals surface area contributed by atoms with Crippen LogP contribution in [0.25, 0.3) is 27.5 Å². The summed E-state index contributed by atoms with van der Waals surface area (Å²) < 4.78 is 2.02. The van der Waals surface area contributed by atoms with Crippen molar-refractivity contribution in [3.8, 4) is 22.5 Å². The smallest absolute Gasteiger partial charge is 0.274 e. The minimum Gasteiger partial charge on any atom is -0.284 e. The molecular weight excluding hydrogens is 328 g/mol. The van der Waals surface area contributed by atoms with E-state index in [2.05, 4.69) is 4.98 Å². The molecule has 0 amide bonds. The zero-order valence-electron chi connectivity index (χ0n) is 11.9. The van der Waals surface area contributed by atoms with Gasteiger partial charge in [0.2, 0.25) is 0 Å². The second kappa shape index (κ2) is 5.65. The predicted molar refractivity (Wildman–Crippen MR) is 95.2 cm³/mol. The van der Waals surface area contributed by atoms with Gasteiger partial charge in [-0.1, -0.05) is 54.1 Å². The lowest BCUT2D eigenvalue weighted by atomic mass is 10.1. The van der Waals surface area contributed by atoms with Gasteiger partial charge in [0, 0.05) is 16.5 Å². The van der Waals surface area contributed by atoms with Gasteiger partial charge in [-0.15, -0.1) is 11.3 Å². The van der Waals surface area contributed by atoms with Gasteiger partial charge in [-0.25, -0.2) is 0 Å². The Morgan fingerprint density at radius 3 is 2.35 bits per heavy atom. The van der Waals surface area contributed by atoms with Crippen molar-refractivity contribution in [3.63, 3.8) is 0 Å². The summed E-state index contributed by atoms with van der Waals surface area (Å²) >= 11 is 7.44. The Morgan fingerprint density at radius 1 is 0.913 bits per heavy atom. The molecule has 112 valence electrons. The van der Waals surface area contributed by atoms with Crippen LogP contribution in [0.2, 0.25) is 5.02 Å². The summed E-state index contributed by atoms with van der Waals surface area (Å²) in [4.78, 5) is 16.7. The second-order valence-electron chi connectivity index (χ2n) is 5.09. The first-order valence-electron chi connectivity index (χ1n) is 7.05. The molecule has 2 aromatic carbocycles. The van der Waals surface area contributed by atoms with E-state index >= 15 is 0 Å². The molecule has 0 saturated heterocycles. The number of fused-ring (bicyclic) bond motifs is 1. The van der Waals surface area contributed by atoms with Gasteiger partial charge in [-0.2, -0.15) is 4.98 Å². The molecule has 0 radical (unpaired) electrons. The molecule has 0 N–H and O–H groups in total. The number of nitrogens with zero attached hydrogens (tertiary/aromatic N) is 2. The van der Waals surface area contributed by atoms with Crippen molar-refractivity contribution in [2.75, 3.05) is 0 Å². The van der Waals surface area contributed by atoms with Gasteiger partial charge in [0.25, 0.3) is 5.56 Å². The lowest BCUT2D eigenvalue weighted by Gasteiger charge is -2.09. The normalized spacial score (nSPS) is 11.0. The Balaban J connectivity index is 2.04. The second-order valence-corrected chi connectivity index (χ2v) is 6.36. The number of halogens is 1. The molecular formula is C18H11ClN2OS. The minimum atomic E-state index is -0.228. The molecule has 5 heteroatoms. The van der Waals surface area contributed by atoms with Crippen molar-refractivity contribution >= 4 is 27.9 Å². The number of hydrogen-bond donors (Lipinski definition) is 0. The van der Waals surface area contributed by atoms with Gasteiger partial charge in [-0.05, 0) is 23.3 Å². The van der Waals surface area contributed by atoms with Crippen LogP contribution >= 0.6 is 22.9 Å². The van der Waals surface area contributed by atoms with Gasteiger partial charge >= 0.3 is 0 Å². The molecule has 2 heterocycles. The van der Waals surface area contributed by atoms with Crippen LogP contribution in [0.3, 0.4) is 0 Å². The van der Waals surface area contributed by atoms with E-state index in [1.54, 1.807) is 6.07 Å². The summed E-state index contributed by atoms with van der Waals surface area (Å²) in [5.41, 5.74) is 3.62. The van der Waals surface area contributed by atoms with E-state index in [0.29, 0.717) is 9.98 Å². The highest BCUT2D eigenvalue weighted by Crippen LogP contribution is 2.30. The quantitative estimate of drug-likeness (QED) is 0.529. The van der Waals surface area contributed by atoms with Gasteiger partial charge in [-0.3, -0.25) is 9.20 Å². The predicted octanol–water partition coefficient (Wildman–Crippen LogP) is 4.74. The summed E-state index contributed by atoms with van der Waals surface area (Å²) in [5, 5.41) is 2.71. The van der Waals surface area contributed by atoms with Crippen molar-refractivity contribution in [1.82, 2.24) is 9.38 Å². The highest BCUT2D eigenvalue weighted by atomic mass is 35.5. The lowest BCUT2D eigenvalue weighted by Crippen LogP contribution is -2.08. The first kappa shape index (κ1) is 14.2. The van der Waals surface area contributed by atoms with E-state index in [1.165, 1.54) is 11.3 Å². The van der Waals surface area contributed by atoms with Gasteiger partial charge in [0.15, 0.2) is 4.96 Å². The van der Waals surface area contributed by atoms with Crippen molar-refractivity contribution in [1.29, 1.82) is 0 Å². The number of thiazole rings is 1. The van der Waals surface area contributed by atoms with Crippen LogP contribution in [0.15, 0.2) is 70.8 Å².